The van der Waals surface area contributed by atoms with E-state index in [-0.39, 0.29) is 11.4 Å². The molecule has 1 N–H and O–H groups in total. The van der Waals surface area contributed by atoms with Gasteiger partial charge in [-0.1, -0.05) is 25.1 Å². The molecule has 0 aromatic heterocycles. The molecule has 0 heterocycles. The average Bonchev–Trinajstić information content (AvgIpc) is 2.48. The highest BCUT2D eigenvalue weighted by Crippen LogP contribution is 2.35. The zero-order chi connectivity index (χ0) is 15.2. The Kier molecular flexibility index (Phi) is 5.30. The molecule has 0 unspecified atom stereocenters. The Morgan fingerprint density at radius 3 is 2.67 bits per heavy atom. The van der Waals surface area contributed by atoms with Gasteiger partial charge in [0.15, 0.2) is 0 Å². The first-order valence-corrected chi connectivity index (χ1v) is 7.31. The summed E-state index contributed by atoms with van der Waals surface area (Å²) in [4.78, 5) is 10.5. The van der Waals surface area contributed by atoms with Gasteiger partial charge < -0.3 is 10.1 Å². The summed E-state index contributed by atoms with van der Waals surface area (Å²) in [5.41, 5.74) is 1.06. The molecule has 2 rings (SSSR count). The highest BCUT2D eigenvalue weighted by atomic mass is 79.9. The predicted octanol–water partition coefficient (Wildman–Crippen LogP) is 4.26. The lowest BCUT2D eigenvalue weighted by atomic mass is 10.2. The zero-order valence-corrected chi connectivity index (χ0v) is 13.1. The molecule has 0 saturated heterocycles. The van der Waals surface area contributed by atoms with Crippen molar-refractivity contribution in [3.05, 3.63) is 62.6 Å². The standard InChI is InChI=1S/C15H15BrN2O3/c1-2-17-10-11-7-8-14(12(16)9-11)21-15-6-4-3-5-13(15)18(19)20/h3-9,17H,2,10H2,1H3. The van der Waals surface area contributed by atoms with Gasteiger partial charge in [0.1, 0.15) is 5.75 Å². The number of rotatable bonds is 6. The maximum absolute atomic E-state index is 11.0. The maximum Gasteiger partial charge on any atom is 0.311 e. The van der Waals surface area contributed by atoms with Crippen LogP contribution in [0.5, 0.6) is 11.5 Å². The van der Waals surface area contributed by atoms with E-state index < -0.39 is 4.92 Å². The topological polar surface area (TPSA) is 64.4 Å². The average molecular weight is 351 g/mol. The number of halogens is 1. The lowest BCUT2D eigenvalue weighted by Crippen LogP contribution is -2.11. The Hall–Kier alpha value is -1.92. The van der Waals surface area contributed by atoms with Crippen LogP contribution in [0.15, 0.2) is 46.9 Å². The van der Waals surface area contributed by atoms with Crippen LogP contribution in [-0.2, 0) is 6.54 Å². The summed E-state index contributed by atoms with van der Waals surface area (Å²) in [7, 11) is 0. The van der Waals surface area contributed by atoms with E-state index in [1.54, 1.807) is 24.3 Å². The first kappa shape index (κ1) is 15.5. The second-order valence-electron chi connectivity index (χ2n) is 4.37. The number of benzene rings is 2. The number of nitro groups is 1. The molecule has 5 nitrogen and oxygen atoms in total. The van der Waals surface area contributed by atoms with Crippen LogP contribution >= 0.6 is 15.9 Å². The highest BCUT2D eigenvalue weighted by molar-refractivity contribution is 9.10. The Labute approximate surface area is 131 Å². The van der Waals surface area contributed by atoms with Gasteiger partial charge in [-0.2, -0.15) is 0 Å². The Morgan fingerprint density at radius 2 is 2.00 bits per heavy atom. The van der Waals surface area contributed by atoms with Crippen molar-refractivity contribution >= 4 is 21.6 Å². The van der Waals surface area contributed by atoms with Gasteiger partial charge in [-0.25, -0.2) is 0 Å². The van der Waals surface area contributed by atoms with E-state index in [1.165, 1.54) is 6.07 Å². The Bertz CT molecular complexity index is 647. The van der Waals surface area contributed by atoms with Crippen LogP contribution < -0.4 is 10.1 Å². The molecule has 0 radical (unpaired) electrons. The number of nitrogens with one attached hydrogen (secondary N) is 1. The van der Waals surface area contributed by atoms with Gasteiger partial charge in [0, 0.05) is 12.6 Å². The second-order valence-corrected chi connectivity index (χ2v) is 5.23. The summed E-state index contributed by atoms with van der Waals surface area (Å²) < 4.78 is 6.41. The number of para-hydroxylation sites is 2. The van der Waals surface area contributed by atoms with Crippen LogP contribution in [0.25, 0.3) is 0 Å². The molecule has 0 aliphatic rings. The largest absolute Gasteiger partial charge is 0.449 e. The summed E-state index contributed by atoms with van der Waals surface area (Å²) >= 11 is 3.44. The fourth-order valence-corrected chi connectivity index (χ4v) is 2.33. The molecule has 0 aliphatic carbocycles. The lowest BCUT2D eigenvalue weighted by molar-refractivity contribution is -0.385. The van der Waals surface area contributed by atoms with Gasteiger partial charge in [-0.15, -0.1) is 0 Å². The smallest absolute Gasteiger partial charge is 0.311 e. The molecule has 21 heavy (non-hydrogen) atoms. The van der Waals surface area contributed by atoms with E-state index in [9.17, 15) is 10.1 Å². The van der Waals surface area contributed by atoms with Crippen LogP contribution in [0, 0.1) is 10.1 Å². The van der Waals surface area contributed by atoms with E-state index >= 15 is 0 Å². The van der Waals surface area contributed by atoms with E-state index in [0.29, 0.717) is 5.75 Å². The van der Waals surface area contributed by atoms with Gasteiger partial charge in [0.2, 0.25) is 5.75 Å². The first-order chi connectivity index (χ1) is 10.1. The fourth-order valence-electron chi connectivity index (χ4n) is 1.82. The van der Waals surface area contributed by atoms with Crippen LogP contribution in [-0.4, -0.2) is 11.5 Å². The Morgan fingerprint density at radius 1 is 1.24 bits per heavy atom. The third-order valence-corrected chi connectivity index (χ3v) is 3.48. The van der Waals surface area contributed by atoms with Crippen LogP contribution in [0.2, 0.25) is 0 Å². The third kappa shape index (κ3) is 4.03. The van der Waals surface area contributed by atoms with Crippen LogP contribution in [0.3, 0.4) is 0 Å². The maximum atomic E-state index is 11.0. The summed E-state index contributed by atoms with van der Waals surface area (Å²) in [6, 6.07) is 12.0. The molecule has 6 heteroatoms. The predicted molar refractivity (Wildman–Crippen MR) is 84.7 cm³/mol. The van der Waals surface area contributed by atoms with Crippen molar-refractivity contribution in [3.63, 3.8) is 0 Å². The molecule has 0 atom stereocenters. The Balaban J connectivity index is 2.22. The minimum atomic E-state index is -0.456. The summed E-state index contributed by atoms with van der Waals surface area (Å²) in [6.07, 6.45) is 0. The molecule has 0 amide bonds. The molecule has 0 bridgehead atoms. The van der Waals surface area contributed by atoms with Crippen molar-refractivity contribution in [1.82, 2.24) is 5.32 Å². The molecular weight excluding hydrogens is 336 g/mol. The van der Waals surface area contributed by atoms with E-state index in [2.05, 4.69) is 21.2 Å². The fraction of sp³-hybridized carbons (Fsp3) is 0.200. The first-order valence-electron chi connectivity index (χ1n) is 6.52. The second kappa shape index (κ2) is 7.19. The van der Waals surface area contributed by atoms with Crippen molar-refractivity contribution in [1.29, 1.82) is 0 Å². The van der Waals surface area contributed by atoms with Crippen LogP contribution in [0.4, 0.5) is 5.69 Å². The van der Waals surface area contributed by atoms with E-state index in [0.717, 1.165) is 23.1 Å². The number of ether oxygens (including phenoxy) is 1. The molecule has 2 aromatic carbocycles. The quantitative estimate of drug-likeness (QED) is 0.624. The minimum absolute atomic E-state index is 0.0545. The lowest BCUT2D eigenvalue weighted by Gasteiger charge is -2.10. The van der Waals surface area contributed by atoms with Gasteiger partial charge in [-0.3, -0.25) is 10.1 Å². The van der Waals surface area contributed by atoms with E-state index in [4.69, 9.17) is 4.74 Å². The SMILES string of the molecule is CCNCc1ccc(Oc2ccccc2[N+](=O)[O-])c(Br)c1. The molecule has 2 aromatic rings. The number of nitro benzene ring substituents is 1. The van der Waals surface area contributed by atoms with Gasteiger partial charge >= 0.3 is 5.69 Å². The number of hydrogen-bond acceptors (Lipinski definition) is 4. The molecule has 0 fully saturated rings. The molecule has 0 saturated carbocycles. The molecule has 0 aliphatic heterocycles. The zero-order valence-electron chi connectivity index (χ0n) is 11.5. The normalized spacial score (nSPS) is 10.4. The number of hydrogen-bond donors (Lipinski definition) is 1. The van der Waals surface area contributed by atoms with Crippen molar-refractivity contribution in [2.24, 2.45) is 0 Å². The third-order valence-electron chi connectivity index (χ3n) is 2.86. The number of nitrogens with zero attached hydrogens (tertiary/aromatic N) is 1. The van der Waals surface area contributed by atoms with Crippen molar-refractivity contribution in [2.45, 2.75) is 13.5 Å². The van der Waals surface area contributed by atoms with Crippen LogP contribution in [0.1, 0.15) is 12.5 Å². The summed E-state index contributed by atoms with van der Waals surface area (Å²) in [6.45, 7) is 3.70. The van der Waals surface area contributed by atoms with Gasteiger partial charge in [0.25, 0.3) is 0 Å². The summed E-state index contributed by atoms with van der Waals surface area (Å²) in [5, 5.41) is 14.2. The monoisotopic (exact) mass is 350 g/mol. The minimum Gasteiger partial charge on any atom is -0.449 e. The highest BCUT2D eigenvalue weighted by Gasteiger charge is 2.15. The molecule has 110 valence electrons. The van der Waals surface area contributed by atoms with Gasteiger partial charge in [0.05, 0.1) is 9.40 Å². The molecular formula is C15H15BrN2O3. The van der Waals surface area contributed by atoms with Crippen molar-refractivity contribution < 1.29 is 9.66 Å². The van der Waals surface area contributed by atoms with Crippen molar-refractivity contribution in [2.75, 3.05) is 6.54 Å². The van der Waals surface area contributed by atoms with Gasteiger partial charge in [-0.05, 0) is 46.2 Å². The molecule has 0 spiro atoms. The summed E-state index contributed by atoms with van der Waals surface area (Å²) in [5.74, 6) is 0.771. The van der Waals surface area contributed by atoms with Crippen molar-refractivity contribution in [3.8, 4) is 11.5 Å². The van der Waals surface area contributed by atoms with E-state index in [1.807, 2.05) is 19.1 Å².